The van der Waals surface area contributed by atoms with Crippen LogP contribution < -0.4 is 0 Å². The zero-order valence-electron chi connectivity index (χ0n) is 24.9. The lowest BCUT2D eigenvalue weighted by molar-refractivity contribution is -0.154. The molecule has 0 saturated carbocycles. The third-order valence-corrected chi connectivity index (χ3v) is 6.47. The van der Waals surface area contributed by atoms with Gasteiger partial charge in [-0.15, -0.1) is 0 Å². The van der Waals surface area contributed by atoms with Gasteiger partial charge in [0.1, 0.15) is 6.10 Å². The maximum absolute atomic E-state index is 11.2. The molecule has 0 radical (unpaired) electrons. The molecule has 0 saturated heterocycles. The number of carbonyl (C=O) groups excluding carboxylic acids is 1. The van der Waals surface area contributed by atoms with Crippen LogP contribution >= 0.6 is 0 Å². The second-order valence-corrected chi connectivity index (χ2v) is 10.1. The Labute approximate surface area is 235 Å². The first-order chi connectivity index (χ1) is 18.7. The molecule has 0 aromatic rings. The highest BCUT2D eigenvalue weighted by molar-refractivity contribution is 5.69. The molecule has 38 heavy (non-hydrogen) atoms. The van der Waals surface area contributed by atoms with E-state index < -0.39 is 6.10 Å². The molecule has 1 N–H and O–H groups in total. The first kappa shape index (κ1) is 36.4. The summed E-state index contributed by atoms with van der Waals surface area (Å²) < 4.78 is 10.6. The molecule has 0 fully saturated rings. The SMILES string of the molecule is CC/C=C\C/C=C\C/C=C\C/C=C\CCCCCCCCCCCCCCCOCC(CO)OC(=O)CC. The predicted octanol–water partition coefficient (Wildman–Crippen LogP) is 9.58. The lowest BCUT2D eigenvalue weighted by Gasteiger charge is -2.15. The number of aliphatic hydroxyl groups is 1. The summed E-state index contributed by atoms with van der Waals surface area (Å²) in [4.78, 5) is 11.2. The summed E-state index contributed by atoms with van der Waals surface area (Å²) in [5, 5.41) is 9.21. The Morgan fingerprint density at radius 3 is 1.55 bits per heavy atom. The van der Waals surface area contributed by atoms with Gasteiger partial charge in [0.15, 0.2) is 0 Å². The van der Waals surface area contributed by atoms with Crippen molar-refractivity contribution < 1.29 is 19.4 Å². The van der Waals surface area contributed by atoms with Gasteiger partial charge in [-0.2, -0.15) is 0 Å². The largest absolute Gasteiger partial charge is 0.457 e. The first-order valence-corrected chi connectivity index (χ1v) is 15.7. The van der Waals surface area contributed by atoms with Gasteiger partial charge in [-0.1, -0.05) is 133 Å². The second-order valence-electron chi connectivity index (χ2n) is 10.1. The van der Waals surface area contributed by atoms with Gasteiger partial charge in [0.05, 0.1) is 13.2 Å². The average Bonchev–Trinajstić information content (AvgIpc) is 2.93. The quantitative estimate of drug-likeness (QED) is 0.0619. The number of unbranched alkanes of at least 4 members (excludes halogenated alkanes) is 13. The monoisotopic (exact) mass is 532 g/mol. The summed E-state index contributed by atoms with van der Waals surface area (Å²) in [5.74, 6) is -0.291. The van der Waals surface area contributed by atoms with Crippen LogP contribution in [-0.4, -0.2) is 37.0 Å². The van der Waals surface area contributed by atoms with Gasteiger partial charge in [0.2, 0.25) is 0 Å². The van der Waals surface area contributed by atoms with E-state index in [0.29, 0.717) is 13.0 Å². The molecule has 0 amide bonds. The molecule has 0 aliphatic carbocycles. The zero-order chi connectivity index (χ0) is 27.8. The summed E-state index contributed by atoms with van der Waals surface area (Å²) in [5.41, 5.74) is 0. The minimum absolute atomic E-state index is 0.182. The normalized spacial score (nSPS) is 13.0. The smallest absolute Gasteiger partial charge is 0.305 e. The molecule has 0 rings (SSSR count). The van der Waals surface area contributed by atoms with Crippen molar-refractivity contribution in [3.05, 3.63) is 48.6 Å². The molecule has 0 aliphatic heterocycles. The van der Waals surface area contributed by atoms with E-state index in [1.165, 1.54) is 83.5 Å². The number of rotatable bonds is 28. The Hall–Kier alpha value is -1.65. The fourth-order valence-corrected chi connectivity index (χ4v) is 4.12. The summed E-state index contributed by atoms with van der Waals surface area (Å²) >= 11 is 0. The van der Waals surface area contributed by atoms with Gasteiger partial charge >= 0.3 is 5.97 Å². The molecular formula is C34H60O4. The lowest BCUT2D eigenvalue weighted by Crippen LogP contribution is -2.27. The third kappa shape index (κ3) is 28.9. The van der Waals surface area contributed by atoms with Gasteiger partial charge in [0, 0.05) is 13.0 Å². The summed E-state index contributed by atoms with van der Waals surface area (Å²) in [6, 6.07) is 0. The molecule has 0 spiro atoms. The molecule has 4 heteroatoms. The standard InChI is InChI=1S/C34H60O4/c1-3-5-6-7-8-9-10-11-12-13-14-15-16-17-18-19-20-21-22-23-24-25-26-27-28-29-30-37-32-33(31-35)38-34(36)4-2/h5-6,8-9,11-12,14-15,33,35H,3-4,7,10,13,16-32H2,1-2H3/b6-5-,9-8-,12-11-,15-14-. The van der Waals surface area contributed by atoms with E-state index in [-0.39, 0.29) is 19.2 Å². The van der Waals surface area contributed by atoms with E-state index in [9.17, 15) is 9.90 Å². The van der Waals surface area contributed by atoms with Gasteiger partial charge in [-0.05, 0) is 44.9 Å². The highest BCUT2D eigenvalue weighted by Gasteiger charge is 2.12. The van der Waals surface area contributed by atoms with Crippen LogP contribution in [0.1, 0.15) is 136 Å². The van der Waals surface area contributed by atoms with E-state index in [4.69, 9.17) is 9.47 Å². The van der Waals surface area contributed by atoms with Gasteiger partial charge < -0.3 is 14.6 Å². The molecule has 1 atom stereocenters. The maximum atomic E-state index is 11.2. The number of ether oxygens (including phenoxy) is 2. The van der Waals surface area contributed by atoms with Crippen LogP contribution in [0, 0.1) is 0 Å². The fourth-order valence-electron chi connectivity index (χ4n) is 4.12. The van der Waals surface area contributed by atoms with Crippen molar-refractivity contribution in [2.24, 2.45) is 0 Å². The Morgan fingerprint density at radius 1 is 0.632 bits per heavy atom. The molecule has 0 aromatic carbocycles. The second kappa shape index (κ2) is 31.6. The number of carbonyl (C=O) groups is 1. The van der Waals surface area contributed by atoms with Crippen LogP contribution in [-0.2, 0) is 14.3 Å². The molecular weight excluding hydrogens is 472 g/mol. The van der Waals surface area contributed by atoms with Crippen LogP contribution in [0.25, 0.3) is 0 Å². The van der Waals surface area contributed by atoms with E-state index >= 15 is 0 Å². The zero-order valence-corrected chi connectivity index (χ0v) is 24.9. The Kier molecular flexibility index (Phi) is 30.2. The lowest BCUT2D eigenvalue weighted by atomic mass is 10.0. The number of esters is 1. The number of hydrogen-bond acceptors (Lipinski definition) is 4. The van der Waals surface area contributed by atoms with E-state index in [1.807, 2.05) is 0 Å². The van der Waals surface area contributed by atoms with Gasteiger partial charge in [-0.25, -0.2) is 0 Å². The van der Waals surface area contributed by atoms with E-state index in [0.717, 1.165) is 32.1 Å². The average molecular weight is 533 g/mol. The Balaban J connectivity index is 3.28. The van der Waals surface area contributed by atoms with Crippen molar-refractivity contribution in [3.63, 3.8) is 0 Å². The highest BCUT2D eigenvalue weighted by atomic mass is 16.6. The predicted molar refractivity (Wildman–Crippen MR) is 163 cm³/mol. The molecule has 0 bridgehead atoms. The molecule has 4 nitrogen and oxygen atoms in total. The summed E-state index contributed by atoms with van der Waals surface area (Å²) in [6.45, 7) is 4.69. The van der Waals surface area contributed by atoms with E-state index in [2.05, 4.69) is 55.5 Å². The summed E-state index contributed by atoms with van der Waals surface area (Å²) in [6.07, 6.45) is 40.5. The van der Waals surface area contributed by atoms with Gasteiger partial charge in [-0.3, -0.25) is 4.79 Å². The number of allylic oxidation sites excluding steroid dienone is 8. The Morgan fingerprint density at radius 2 is 1.08 bits per heavy atom. The van der Waals surface area contributed by atoms with Gasteiger partial charge in [0.25, 0.3) is 0 Å². The van der Waals surface area contributed by atoms with E-state index in [1.54, 1.807) is 6.92 Å². The van der Waals surface area contributed by atoms with Crippen LogP contribution in [0.15, 0.2) is 48.6 Å². The fraction of sp³-hybridized carbons (Fsp3) is 0.735. The van der Waals surface area contributed by atoms with Crippen LogP contribution in [0.5, 0.6) is 0 Å². The molecule has 0 aliphatic rings. The minimum Gasteiger partial charge on any atom is -0.457 e. The highest BCUT2D eigenvalue weighted by Crippen LogP contribution is 2.13. The van der Waals surface area contributed by atoms with Crippen molar-refractivity contribution >= 4 is 5.97 Å². The van der Waals surface area contributed by atoms with Crippen molar-refractivity contribution in [1.29, 1.82) is 0 Å². The number of aliphatic hydroxyl groups excluding tert-OH is 1. The van der Waals surface area contributed by atoms with Crippen LogP contribution in [0.2, 0.25) is 0 Å². The first-order valence-electron chi connectivity index (χ1n) is 15.7. The molecule has 1 unspecified atom stereocenters. The molecule has 0 aromatic heterocycles. The van der Waals surface area contributed by atoms with Crippen molar-refractivity contribution in [3.8, 4) is 0 Å². The van der Waals surface area contributed by atoms with Crippen molar-refractivity contribution in [2.45, 2.75) is 142 Å². The van der Waals surface area contributed by atoms with Crippen LogP contribution in [0.4, 0.5) is 0 Å². The Bertz CT molecular complexity index is 606. The molecule has 0 heterocycles. The van der Waals surface area contributed by atoms with Crippen molar-refractivity contribution in [2.75, 3.05) is 19.8 Å². The van der Waals surface area contributed by atoms with Crippen LogP contribution in [0.3, 0.4) is 0 Å². The summed E-state index contributed by atoms with van der Waals surface area (Å²) in [7, 11) is 0. The number of hydrogen-bond donors (Lipinski definition) is 1. The van der Waals surface area contributed by atoms with Crippen molar-refractivity contribution in [1.82, 2.24) is 0 Å². The molecule has 220 valence electrons. The maximum Gasteiger partial charge on any atom is 0.305 e. The third-order valence-electron chi connectivity index (χ3n) is 6.47. The minimum atomic E-state index is -0.529. The topological polar surface area (TPSA) is 55.8 Å².